The highest BCUT2D eigenvalue weighted by Gasteiger charge is 2.32. The van der Waals surface area contributed by atoms with E-state index in [1.807, 2.05) is 0 Å². The van der Waals surface area contributed by atoms with Crippen LogP contribution in [-0.4, -0.2) is 56.0 Å². The zero-order valence-corrected chi connectivity index (χ0v) is 16.2. The van der Waals surface area contributed by atoms with Gasteiger partial charge in [-0.25, -0.2) is 4.99 Å². The average Bonchev–Trinajstić information content (AvgIpc) is 3.16. The van der Waals surface area contributed by atoms with Gasteiger partial charge < -0.3 is 18.9 Å². The standard InChI is InChI=1S/C20H17N3O6/c1-26-13-5-9-10(6-14(13)27-2)19(24)20(25)21-17(9)18-11-7-15(28-3)16(29-4)8-12(11)22-23-18/h5-8H,1-4H3,(H,22,23). The lowest BCUT2D eigenvalue weighted by molar-refractivity contribution is -0.114. The van der Waals surface area contributed by atoms with Crippen molar-refractivity contribution in [3.8, 4) is 23.0 Å². The number of aliphatic imine (C=N–C) groups is 1. The Morgan fingerprint density at radius 3 is 1.93 bits per heavy atom. The second kappa shape index (κ2) is 6.93. The van der Waals surface area contributed by atoms with Crippen molar-refractivity contribution in [3.05, 3.63) is 41.1 Å². The van der Waals surface area contributed by atoms with Gasteiger partial charge in [-0.1, -0.05) is 0 Å². The molecule has 1 aliphatic rings. The lowest BCUT2D eigenvalue weighted by Gasteiger charge is -2.17. The minimum absolute atomic E-state index is 0.175. The van der Waals surface area contributed by atoms with Crippen LogP contribution in [0.1, 0.15) is 21.6 Å². The third-order valence-electron chi connectivity index (χ3n) is 4.72. The molecule has 9 heteroatoms. The summed E-state index contributed by atoms with van der Waals surface area (Å²) >= 11 is 0. The molecule has 0 atom stereocenters. The summed E-state index contributed by atoms with van der Waals surface area (Å²) in [6.45, 7) is 0. The number of carbonyl (C=O) groups is 2. The predicted octanol–water partition coefficient (Wildman–Crippen LogP) is 2.16. The van der Waals surface area contributed by atoms with Crippen molar-refractivity contribution < 1.29 is 28.5 Å². The Kier molecular flexibility index (Phi) is 4.42. The van der Waals surface area contributed by atoms with Gasteiger partial charge in [-0.05, 0) is 18.2 Å². The molecule has 0 unspecified atom stereocenters. The largest absolute Gasteiger partial charge is 0.493 e. The Bertz CT molecular complexity index is 1190. The summed E-state index contributed by atoms with van der Waals surface area (Å²) in [5.74, 6) is 0.167. The van der Waals surface area contributed by atoms with Crippen LogP contribution in [0.4, 0.5) is 0 Å². The van der Waals surface area contributed by atoms with Crippen molar-refractivity contribution >= 4 is 28.3 Å². The SMILES string of the molecule is COc1cc2c(cc1OC)C(c1n[nH]c3cc(OC)c(OC)cc13)=NC(=O)C2=O. The number of carbonyl (C=O) groups excluding carboxylic acids is 2. The summed E-state index contributed by atoms with van der Waals surface area (Å²) in [6, 6.07) is 6.55. The van der Waals surface area contributed by atoms with Crippen molar-refractivity contribution in [2.24, 2.45) is 4.99 Å². The molecule has 0 saturated carbocycles. The van der Waals surface area contributed by atoms with Gasteiger partial charge in [0, 0.05) is 22.6 Å². The van der Waals surface area contributed by atoms with Crippen LogP contribution in [0.5, 0.6) is 23.0 Å². The number of nitrogens with one attached hydrogen (secondary N) is 1. The van der Waals surface area contributed by atoms with E-state index in [9.17, 15) is 9.59 Å². The lowest BCUT2D eigenvalue weighted by atomic mass is 9.93. The number of fused-ring (bicyclic) bond motifs is 2. The van der Waals surface area contributed by atoms with E-state index >= 15 is 0 Å². The Hall–Kier alpha value is -3.88. The third-order valence-corrected chi connectivity index (χ3v) is 4.72. The van der Waals surface area contributed by atoms with E-state index in [1.165, 1.54) is 34.5 Å². The van der Waals surface area contributed by atoms with E-state index in [0.29, 0.717) is 45.2 Å². The Morgan fingerprint density at radius 1 is 0.759 bits per heavy atom. The molecule has 1 N–H and O–H groups in total. The van der Waals surface area contributed by atoms with Crippen LogP contribution in [0.3, 0.4) is 0 Å². The van der Waals surface area contributed by atoms with Crippen molar-refractivity contribution in [2.45, 2.75) is 0 Å². The van der Waals surface area contributed by atoms with Gasteiger partial charge in [-0.15, -0.1) is 0 Å². The highest BCUT2D eigenvalue weighted by Crippen LogP contribution is 2.37. The van der Waals surface area contributed by atoms with Gasteiger partial charge in [0.1, 0.15) is 11.4 Å². The summed E-state index contributed by atoms with van der Waals surface area (Å²) in [7, 11) is 6.00. The van der Waals surface area contributed by atoms with E-state index in [-0.39, 0.29) is 11.3 Å². The second-order valence-corrected chi connectivity index (χ2v) is 6.17. The Labute approximate surface area is 165 Å². The zero-order chi connectivity index (χ0) is 20.7. The van der Waals surface area contributed by atoms with Gasteiger partial charge in [-0.3, -0.25) is 14.7 Å². The fourth-order valence-electron chi connectivity index (χ4n) is 3.30. The van der Waals surface area contributed by atoms with E-state index in [4.69, 9.17) is 18.9 Å². The molecule has 0 spiro atoms. The number of Topliss-reactive ketones (excluding diaryl/α,β-unsaturated/α-hetero) is 1. The molecule has 2 aromatic carbocycles. The number of ether oxygens (including phenoxy) is 4. The van der Waals surface area contributed by atoms with E-state index < -0.39 is 11.7 Å². The van der Waals surface area contributed by atoms with Crippen LogP contribution in [0.15, 0.2) is 29.3 Å². The van der Waals surface area contributed by atoms with Gasteiger partial charge in [0.15, 0.2) is 23.0 Å². The highest BCUT2D eigenvalue weighted by atomic mass is 16.5. The van der Waals surface area contributed by atoms with Crippen LogP contribution in [0.25, 0.3) is 10.9 Å². The van der Waals surface area contributed by atoms with Gasteiger partial charge in [0.2, 0.25) is 0 Å². The van der Waals surface area contributed by atoms with Crippen molar-refractivity contribution in [3.63, 3.8) is 0 Å². The molecule has 29 heavy (non-hydrogen) atoms. The first-order valence-electron chi connectivity index (χ1n) is 8.56. The predicted molar refractivity (Wildman–Crippen MR) is 104 cm³/mol. The fraction of sp³-hybridized carbons (Fsp3) is 0.200. The molecule has 148 valence electrons. The number of rotatable bonds is 5. The maximum absolute atomic E-state index is 12.4. The number of amides is 1. The summed E-state index contributed by atoms with van der Waals surface area (Å²) in [6.07, 6.45) is 0. The molecule has 2 heterocycles. The van der Waals surface area contributed by atoms with Crippen LogP contribution in [-0.2, 0) is 4.79 Å². The molecular weight excluding hydrogens is 378 g/mol. The van der Waals surface area contributed by atoms with Crippen molar-refractivity contribution in [1.82, 2.24) is 10.2 Å². The smallest absolute Gasteiger partial charge is 0.318 e. The molecule has 4 rings (SSSR count). The molecule has 0 radical (unpaired) electrons. The lowest BCUT2D eigenvalue weighted by Crippen LogP contribution is -2.25. The zero-order valence-electron chi connectivity index (χ0n) is 16.2. The summed E-state index contributed by atoms with van der Waals surface area (Å²) in [5.41, 5.74) is 1.91. The first kappa shape index (κ1) is 18.5. The van der Waals surface area contributed by atoms with Crippen LogP contribution < -0.4 is 18.9 Å². The molecule has 0 aliphatic carbocycles. The molecular formula is C20H17N3O6. The quantitative estimate of drug-likeness (QED) is 0.659. The number of aromatic nitrogens is 2. The van der Waals surface area contributed by atoms with Crippen LogP contribution in [0.2, 0.25) is 0 Å². The number of benzene rings is 2. The first-order chi connectivity index (χ1) is 14.0. The number of hydrogen-bond donors (Lipinski definition) is 1. The molecule has 0 saturated heterocycles. The molecule has 0 bridgehead atoms. The van der Waals surface area contributed by atoms with Gasteiger partial charge in [-0.2, -0.15) is 5.10 Å². The number of aromatic amines is 1. The molecule has 0 fully saturated rings. The number of H-pyrrole nitrogens is 1. The van der Waals surface area contributed by atoms with Crippen molar-refractivity contribution in [2.75, 3.05) is 28.4 Å². The van der Waals surface area contributed by atoms with E-state index in [0.717, 1.165) is 0 Å². The van der Waals surface area contributed by atoms with Gasteiger partial charge in [0.05, 0.1) is 34.0 Å². The van der Waals surface area contributed by atoms with Gasteiger partial charge >= 0.3 is 5.91 Å². The first-order valence-corrected chi connectivity index (χ1v) is 8.56. The van der Waals surface area contributed by atoms with Crippen LogP contribution in [0, 0.1) is 0 Å². The Morgan fingerprint density at radius 2 is 1.31 bits per heavy atom. The topological polar surface area (TPSA) is 112 Å². The maximum atomic E-state index is 12.4. The minimum Gasteiger partial charge on any atom is -0.493 e. The normalized spacial score (nSPS) is 13.2. The minimum atomic E-state index is -0.878. The molecule has 1 aliphatic heterocycles. The number of nitrogens with zero attached hydrogens (tertiary/aromatic N) is 2. The molecule has 1 aromatic heterocycles. The average molecular weight is 395 g/mol. The highest BCUT2D eigenvalue weighted by molar-refractivity contribution is 6.50. The summed E-state index contributed by atoms with van der Waals surface area (Å²) < 4.78 is 21.3. The summed E-state index contributed by atoms with van der Waals surface area (Å²) in [4.78, 5) is 28.7. The number of hydrogen-bond acceptors (Lipinski definition) is 7. The molecule has 9 nitrogen and oxygen atoms in total. The van der Waals surface area contributed by atoms with Crippen LogP contribution >= 0.6 is 0 Å². The monoisotopic (exact) mass is 395 g/mol. The maximum Gasteiger partial charge on any atom is 0.318 e. The fourth-order valence-corrected chi connectivity index (χ4v) is 3.30. The molecule has 3 aromatic rings. The van der Waals surface area contributed by atoms with Crippen molar-refractivity contribution in [1.29, 1.82) is 0 Å². The Balaban J connectivity index is 1.98. The summed E-state index contributed by atoms with van der Waals surface area (Å²) in [5, 5.41) is 7.88. The molecule has 1 amide bonds. The van der Waals surface area contributed by atoms with E-state index in [2.05, 4.69) is 15.2 Å². The van der Waals surface area contributed by atoms with Gasteiger partial charge in [0.25, 0.3) is 5.78 Å². The third kappa shape index (κ3) is 2.78. The number of methoxy groups -OCH3 is 4. The second-order valence-electron chi connectivity index (χ2n) is 6.17. The number of ketones is 1. The van der Waals surface area contributed by atoms with E-state index in [1.54, 1.807) is 18.2 Å².